The first kappa shape index (κ1) is 30.0. The number of fused-ring (bicyclic) bond motifs is 13. The third kappa shape index (κ3) is 3.77. The van der Waals surface area contributed by atoms with Gasteiger partial charge in [-0.1, -0.05) is 144 Å². The molecule has 8 aromatic rings. The Morgan fingerprint density at radius 2 is 0.692 bits per heavy atom. The van der Waals surface area contributed by atoms with Crippen LogP contribution in [0.3, 0.4) is 0 Å². The van der Waals surface area contributed by atoms with E-state index in [0.29, 0.717) is 5.92 Å². The van der Waals surface area contributed by atoms with Gasteiger partial charge >= 0.3 is 0 Å². The van der Waals surface area contributed by atoms with E-state index < -0.39 is 0 Å². The Morgan fingerprint density at radius 1 is 0.346 bits per heavy atom. The number of benzene rings is 8. The van der Waals surface area contributed by atoms with Gasteiger partial charge in [-0.3, -0.25) is 0 Å². The van der Waals surface area contributed by atoms with E-state index in [0.717, 1.165) is 0 Å². The molecule has 0 saturated heterocycles. The van der Waals surface area contributed by atoms with Crippen LogP contribution >= 0.6 is 0 Å². The Morgan fingerprint density at radius 3 is 1.10 bits per heavy atom. The standard InChI is InChI=1S/C52H40/c1-30-37-24-43-45(51(2,3)47-26-39(31-16-8-6-9-17-31)33-20-12-14-22-35(33)49(43)47)28-41(37)42-29-46-44(25-38(30)42)50-36-23-15-13-21-34(36)40(27-48(50)52(46,4)5)32-18-10-7-11-19-32/h6-30H,1-5H3. The molecule has 52 heavy (non-hydrogen) atoms. The van der Waals surface area contributed by atoms with Crippen molar-refractivity contribution in [3.05, 3.63) is 179 Å². The highest BCUT2D eigenvalue weighted by Crippen LogP contribution is 2.60. The molecule has 3 aliphatic carbocycles. The molecular formula is C52H40. The molecule has 0 fully saturated rings. The van der Waals surface area contributed by atoms with Crippen LogP contribution in [0.4, 0.5) is 0 Å². The van der Waals surface area contributed by atoms with Crippen LogP contribution in [0, 0.1) is 0 Å². The zero-order chi connectivity index (χ0) is 35.1. The fourth-order valence-electron chi connectivity index (χ4n) is 10.4. The van der Waals surface area contributed by atoms with Crippen molar-refractivity contribution in [2.24, 2.45) is 0 Å². The molecule has 0 radical (unpaired) electrons. The fraction of sp³-hybridized carbons (Fsp3) is 0.154. The highest BCUT2D eigenvalue weighted by molar-refractivity contribution is 6.11. The Kier molecular flexibility index (Phi) is 5.88. The number of hydrogen-bond donors (Lipinski definition) is 0. The van der Waals surface area contributed by atoms with Gasteiger partial charge in [0.2, 0.25) is 0 Å². The van der Waals surface area contributed by atoms with Crippen molar-refractivity contribution in [2.45, 2.75) is 51.4 Å². The van der Waals surface area contributed by atoms with Gasteiger partial charge in [-0.05, 0) is 147 Å². The maximum Gasteiger partial charge on any atom is 0.0159 e. The second-order valence-corrected chi connectivity index (χ2v) is 16.5. The summed E-state index contributed by atoms with van der Waals surface area (Å²) < 4.78 is 0. The molecule has 8 aromatic carbocycles. The van der Waals surface area contributed by atoms with E-state index in [1.165, 1.54) is 111 Å². The second-order valence-electron chi connectivity index (χ2n) is 16.5. The minimum Gasteiger partial charge on any atom is -0.0622 e. The summed E-state index contributed by atoms with van der Waals surface area (Å²) in [7, 11) is 0. The molecule has 0 spiro atoms. The average Bonchev–Trinajstić information content (AvgIpc) is 3.67. The maximum atomic E-state index is 2.58. The highest BCUT2D eigenvalue weighted by Gasteiger charge is 2.43. The number of rotatable bonds is 2. The van der Waals surface area contributed by atoms with Crippen LogP contribution in [0.5, 0.6) is 0 Å². The normalized spacial score (nSPS) is 15.6. The lowest BCUT2D eigenvalue weighted by atomic mass is 9.79. The molecule has 0 atom stereocenters. The Labute approximate surface area is 306 Å². The molecule has 0 bridgehead atoms. The third-order valence-electron chi connectivity index (χ3n) is 13.1. The summed E-state index contributed by atoms with van der Waals surface area (Å²) in [5, 5.41) is 5.36. The van der Waals surface area contributed by atoms with Crippen molar-refractivity contribution in [2.75, 3.05) is 0 Å². The van der Waals surface area contributed by atoms with E-state index in [1.54, 1.807) is 0 Å². The average molecular weight is 665 g/mol. The van der Waals surface area contributed by atoms with Gasteiger partial charge in [0, 0.05) is 16.7 Å². The smallest absolute Gasteiger partial charge is 0.0159 e. The minimum atomic E-state index is -0.127. The van der Waals surface area contributed by atoms with Crippen LogP contribution in [0.2, 0.25) is 0 Å². The molecule has 0 N–H and O–H groups in total. The third-order valence-corrected chi connectivity index (χ3v) is 13.1. The van der Waals surface area contributed by atoms with E-state index in [2.05, 4.69) is 180 Å². The summed E-state index contributed by atoms with van der Waals surface area (Å²) in [6.07, 6.45) is 0. The molecule has 0 aliphatic heterocycles. The van der Waals surface area contributed by atoms with Gasteiger partial charge in [-0.15, -0.1) is 0 Å². The maximum absolute atomic E-state index is 2.58. The Hall–Kier alpha value is -5.72. The lowest BCUT2D eigenvalue weighted by molar-refractivity contribution is 0.660. The highest BCUT2D eigenvalue weighted by atomic mass is 14.5. The molecule has 0 nitrogen and oxygen atoms in total. The lowest BCUT2D eigenvalue weighted by Crippen LogP contribution is -2.16. The zero-order valence-corrected chi connectivity index (χ0v) is 30.4. The summed E-state index contributed by atoms with van der Waals surface area (Å²) in [5.74, 6) is 0.310. The molecule has 3 aliphatic rings. The van der Waals surface area contributed by atoms with E-state index in [-0.39, 0.29) is 10.8 Å². The van der Waals surface area contributed by atoms with E-state index in [4.69, 9.17) is 0 Å². The van der Waals surface area contributed by atoms with Crippen molar-refractivity contribution in [3.63, 3.8) is 0 Å². The topological polar surface area (TPSA) is 0 Å². The Balaban J connectivity index is 1.12. The van der Waals surface area contributed by atoms with Gasteiger partial charge in [0.15, 0.2) is 0 Å². The molecular weight excluding hydrogens is 625 g/mol. The van der Waals surface area contributed by atoms with Crippen LogP contribution in [-0.2, 0) is 10.8 Å². The molecule has 0 saturated carbocycles. The van der Waals surface area contributed by atoms with Crippen LogP contribution < -0.4 is 0 Å². The Bertz CT molecular complexity index is 2630. The van der Waals surface area contributed by atoms with Crippen molar-refractivity contribution in [1.29, 1.82) is 0 Å². The lowest BCUT2D eigenvalue weighted by Gasteiger charge is -2.24. The first-order valence-corrected chi connectivity index (χ1v) is 18.8. The van der Waals surface area contributed by atoms with Gasteiger partial charge in [-0.25, -0.2) is 0 Å². The summed E-state index contributed by atoms with van der Waals surface area (Å²) >= 11 is 0. The van der Waals surface area contributed by atoms with Crippen molar-refractivity contribution in [1.82, 2.24) is 0 Å². The molecule has 11 rings (SSSR count). The molecule has 0 heterocycles. The summed E-state index contributed by atoms with van der Waals surface area (Å²) in [6.45, 7) is 12.2. The molecule has 248 valence electrons. The van der Waals surface area contributed by atoms with Crippen molar-refractivity contribution >= 4 is 21.5 Å². The van der Waals surface area contributed by atoms with Gasteiger partial charge in [0.1, 0.15) is 0 Å². The first-order valence-electron chi connectivity index (χ1n) is 18.8. The van der Waals surface area contributed by atoms with E-state index >= 15 is 0 Å². The predicted molar refractivity (Wildman–Crippen MR) is 220 cm³/mol. The van der Waals surface area contributed by atoms with Crippen LogP contribution in [0.1, 0.15) is 73.9 Å². The predicted octanol–water partition coefficient (Wildman–Crippen LogP) is 14.1. The van der Waals surface area contributed by atoms with Gasteiger partial charge in [0.05, 0.1) is 0 Å². The quantitative estimate of drug-likeness (QED) is 0.173. The molecule has 0 heteroatoms. The summed E-state index contributed by atoms with van der Waals surface area (Å²) in [4.78, 5) is 0. The van der Waals surface area contributed by atoms with Gasteiger partial charge in [0.25, 0.3) is 0 Å². The molecule has 0 aromatic heterocycles. The van der Waals surface area contributed by atoms with Gasteiger partial charge in [-0.2, -0.15) is 0 Å². The van der Waals surface area contributed by atoms with Crippen LogP contribution in [0.25, 0.3) is 77.2 Å². The van der Waals surface area contributed by atoms with Crippen molar-refractivity contribution < 1.29 is 0 Å². The van der Waals surface area contributed by atoms with Gasteiger partial charge < -0.3 is 0 Å². The minimum absolute atomic E-state index is 0.127. The zero-order valence-electron chi connectivity index (χ0n) is 30.4. The van der Waals surface area contributed by atoms with Crippen LogP contribution in [0.15, 0.2) is 146 Å². The summed E-state index contributed by atoms with van der Waals surface area (Å²) in [5.41, 5.74) is 22.1. The SMILES string of the molecule is CC1c2cc3c(cc2-c2cc4c(cc21)-c1c(cc(-c2ccccc2)c2ccccc12)C4(C)C)C(C)(C)c1cc(-c2ccccc2)c2ccccc2c1-3. The second kappa shape index (κ2) is 10.2. The fourth-order valence-corrected chi connectivity index (χ4v) is 10.4. The first-order chi connectivity index (χ1) is 25.2. The van der Waals surface area contributed by atoms with E-state index in [9.17, 15) is 0 Å². The monoisotopic (exact) mass is 664 g/mol. The van der Waals surface area contributed by atoms with Crippen LogP contribution in [-0.4, -0.2) is 0 Å². The molecule has 0 unspecified atom stereocenters. The van der Waals surface area contributed by atoms with E-state index in [1.807, 2.05) is 0 Å². The summed E-state index contributed by atoms with van der Waals surface area (Å²) in [6, 6.07) is 55.2. The molecule has 0 amide bonds. The largest absolute Gasteiger partial charge is 0.0622 e. The van der Waals surface area contributed by atoms with Crippen molar-refractivity contribution in [3.8, 4) is 55.6 Å². The number of hydrogen-bond acceptors (Lipinski definition) is 0.